The lowest BCUT2D eigenvalue weighted by Gasteiger charge is -2.48. The van der Waals surface area contributed by atoms with Gasteiger partial charge in [-0.1, -0.05) is 0 Å². The second-order valence-electron chi connectivity index (χ2n) is 9.24. The van der Waals surface area contributed by atoms with Crippen molar-refractivity contribution in [1.29, 1.82) is 0 Å². The van der Waals surface area contributed by atoms with Crippen LogP contribution in [0.2, 0.25) is 0 Å². The minimum atomic E-state index is -3.94. The average molecular weight is 528 g/mol. The molecule has 1 aromatic carbocycles. The van der Waals surface area contributed by atoms with Crippen LogP contribution in [0.25, 0.3) is 5.69 Å². The van der Waals surface area contributed by atoms with E-state index in [9.17, 15) is 17.6 Å². The molecule has 0 N–H and O–H groups in total. The van der Waals surface area contributed by atoms with Crippen LogP contribution >= 0.6 is 11.3 Å². The van der Waals surface area contributed by atoms with Gasteiger partial charge in [0.2, 0.25) is 5.03 Å². The van der Waals surface area contributed by atoms with Gasteiger partial charge in [-0.25, -0.2) is 22.5 Å². The Hall–Kier alpha value is -3.29. The molecule has 1 saturated heterocycles. The third-order valence-electron chi connectivity index (χ3n) is 7.24. The van der Waals surface area contributed by atoms with E-state index in [1.54, 1.807) is 40.9 Å². The Morgan fingerprint density at radius 1 is 1.19 bits per heavy atom. The van der Waals surface area contributed by atoms with Crippen molar-refractivity contribution in [2.24, 2.45) is 18.4 Å². The van der Waals surface area contributed by atoms with Crippen LogP contribution in [0.15, 0.2) is 52.6 Å². The van der Waals surface area contributed by atoms with Crippen LogP contribution in [0, 0.1) is 17.2 Å². The number of hydrogen-bond acceptors (Lipinski definition) is 8. The predicted molar refractivity (Wildman–Crippen MR) is 128 cm³/mol. The van der Waals surface area contributed by atoms with Crippen molar-refractivity contribution in [3.8, 4) is 5.69 Å². The average Bonchev–Trinajstić information content (AvgIpc) is 3.63. The minimum absolute atomic E-state index is 0.0219. The molecule has 6 rings (SSSR count). The normalized spacial score (nSPS) is 22.2. The number of thiazole rings is 1. The molecule has 36 heavy (non-hydrogen) atoms. The van der Waals surface area contributed by atoms with Gasteiger partial charge in [0.05, 0.1) is 29.0 Å². The van der Waals surface area contributed by atoms with Crippen molar-refractivity contribution in [2.45, 2.75) is 24.3 Å². The maximum absolute atomic E-state index is 14.0. The Morgan fingerprint density at radius 2 is 2.00 bits per heavy atom. The van der Waals surface area contributed by atoms with E-state index in [2.05, 4.69) is 20.3 Å². The molecule has 4 heterocycles. The Bertz CT molecular complexity index is 1550. The minimum Gasteiger partial charge on any atom is -0.292 e. The number of ketones is 1. The molecule has 2 atom stereocenters. The van der Waals surface area contributed by atoms with E-state index in [0.717, 1.165) is 16.9 Å². The number of aromatic nitrogens is 6. The first kappa shape index (κ1) is 23.1. The molecule has 0 spiro atoms. The van der Waals surface area contributed by atoms with Crippen LogP contribution in [-0.4, -0.2) is 61.4 Å². The van der Waals surface area contributed by atoms with Gasteiger partial charge < -0.3 is 0 Å². The zero-order chi connectivity index (χ0) is 25.1. The molecule has 1 fully saturated rings. The first-order chi connectivity index (χ1) is 17.3. The molecule has 10 nitrogen and oxygen atoms in total. The number of carbonyl (C=O) groups is 1. The van der Waals surface area contributed by atoms with Gasteiger partial charge in [-0.3, -0.25) is 4.79 Å². The Morgan fingerprint density at radius 3 is 2.69 bits per heavy atom. The molecular weight excluding hydrogens is 505 g/mol. The molecule has 0 bridgehead atoms. The number of aryl methyl sites for hydroxylation is 1. The van der Waals surface area contributed by atoms with Crippen LogP contribution in [0.1, 0.15) is 28.2 Å². The molecule has 1 aliphatic heterocycles. The summed E-state index contributed by atoms with van der Waals surface area (Å²) in [7, 11) is -2.38. The first-order valence-electron chi connectivity index (χ1n) is 11.4. The number of hydrogen-bond donors (Lipinski definition) is 0. The van der Waals surface area contributed by atoms with E-state index in [-0.39, 0.29) is 35.6 Å². The molecule has 4 aromatic rings. The van der Waals surface area contributed by atoms with Crippen molar-refractivity contribution >= 4 is 27.1 Å². The highest BCUT2D eigenvalue weighted by Crippen LogP contribution is 2.48. The second-order valence-corrected chi connectivity index (χ2v) is 11.8. The first-order valence-corrected chi connectivity index (χ1v) is 13.8. The summed E-state index contributed by atoms with van der Waals surface area (Å²) in [5, 5.41) is 14.0. The summed E-state index contributed by atoms with van der Waals surface area (Å²) < 4.78 is 43.5. The molecule has 0 saturated carbocycles. The van der Waals surface area contributed by atoms with Crippen molar-refractivity contribution in [2.75, 3.05) is 13.1 Å². The topological polar surface area (TPSA) is 116 Å². The largest absolute Gasteiger partial charge is 0.292 e. The summed E-state index contributed by atoms with van der Waals surface area (Å²) in [6.45, 7) is 0.282. The summed E-state index contributed by atoms with van der Waals surface area (Å²) in [6.07, 6.45) is 4.31. The lowest BCUT2D eigenvalue weighted by molar-refractivity contribution is 0.0394. The number of sulfonamides is 1. The maximum Gasteiger partial charge on any atom is 0.264 e. The Balaban J connectivity index is 1.42. The lowest BCUT2D eigenvalue weighted by atomic mass is 9.60. The van der Waals surface area contributed by atoms with E-state index < -0.39 is 15.4 Å². The number of benzene rings is 1. The SMILES string of the molecule is Cn1ncc(S(=O)(=O)N2CC[C@H]3Cc4c(cnn4-c4ccc(F)cc4)C[C@]3(C(=O)c3cscn3)C2)n1. The van der Waals surface area contributed by atoms with Gasteiger partial charge in [-0.2, -0.15) is 19.3 Å². The molecule has 1 aliphatic carbocycles. The van der Waals surface area contributed by atoms with E-state index in [1.807, 2.05) is 0 Å². The summed E-state index contributed by atoms with van der Waals surface area (Å²) in [4.78, 5) is 19.4. The second kappa shape index (κ2) is 8.39. The lowest BCUT2D eigenvalue weighted by Crippen LogP contribution is -2.57. The summed E-state index contributed by atoms with van der Waals surface area (Å²) in [5.41, 5.74) is 3.52. The van der Waals surface area contributed by atoms with Gasteiger partial charge >= 0.3 is 0 Å². The number of halogens is 1. The zero-order valence-electron chi connectivity index (χ0n) is 19.3. The van der Waals surface area contributed by atoms with Crippen LogP contribution in [-0.2, 0) is 29.9 Å². The van der Waals surface area contributed by atoms with E-state index in [0.29, 0.717) is 25.0 Å². The van der Waals surface area contributed by atoms with Gasteiger partial charge in [0.15, 0.2) is 5.78 Å². The quantitative estimate of drug-likeness (QED) is 0.366. The number of rotatable bonds is 5. The standard InChI is InChI=1S/C23H22FN7O3S2/c1-29-26-11-21(28-29)36(33,34)30-7-6-16-8-20-15(10-27-31(20)18-4-2-17(24)3-5-18)9-23(16,13-30)22(32)19-12-35-14-25-19/h2-5,10-12,14,16H,6-9,13H2,1H3/t16-,23-/m0/s1. The zero-order valence-corrected chi connectivity index (χ0v) is 20.9. The van der Waals surface area contributed by atoms with E-state index in [1.165, 1.54) is 38.8 Å². The third kappa shape index (κ3) is 3.61. The Labute approximate surface area is 210 Å². The smallest absolute Gasteiger partial charge is 0.264 e. The molecule has 186 valence electrons. The van der Waals surface area contributed by atoms with E-state index in [4.69, 9.17) is 0 Å². The summed E-state index contributed by atoms with van der Waals surface area (Å²) in [5.74, 6) is -0.610. The van der Waals surface area contributed by atoms with Crippen molar-refractivity contribution < 1.29 is 17.6 Å². The van der Waals surface area contributed by atoms with Crippen LogP contribution in [0.3, 0.4) is 0 Å². The third-order valence-corrected chi connectivity index (χ3v) is 9.53. The fourth-order valence-corrected chi connectivity index (χ4v) is 7.39. The number of fused-ring (bicyclic) bond motifs is 2. The van der Waals surface area contributed by atoms with Crippen molar-refractivity contribution in [1.82, 2.24) is 34.1 Å². The fourth-order valence-electron chi connectivity index (χ4n) is 5.45. The number of carbonyl (C=O) groups excluding carboxylic acids is 1. The molecule has 0 amide bonds. The summed E-state index contributed by atoms with van der Waals surface area (Å²) in [6, 6.07) is 6.11. The molecule has 2 aliphatic rings. The molecular formula is C23H22FN7O3S2. The van der Waals surface area contributed by atoms with Gasteiger partial charge in [0, 0.05) is 31.2 Å². The van der Waals surface area contributed by atoms with Crippen molar-refractivity contribution in [3.05, 3.63) is 70.3 Å². The predicted octanol–water partition coefficient (Wildman–Crippen LogP) is 2.28. The molecule has 0 unspecified atom stereocenters. The molecule has 13 heteroatoms. The Kier molecular flexibility index (Phi) is 5.39. The van der Waals surface area contributed by atoms with Gasteiger partial charge in [-0.15, -0.1) is 16.4 Å². The maximum atomic E-state index is 14.0. The van der Waals surface area contributed by atoms with Gasteiger partial charge in [-0.05, 0) is 55.0 Å². The molecule has 3 aromatic heterocycles. The van der Waals surface area contributed by atoms with Crippen LogP contribution in [0.4, 0.5) is 4.39 Å². The number of piperidine rings is 1. The van der Waals surface area contributed by atoms with Gasteiger partial charge in [0.25, 0.3) is 10.0 Å². The molecule has 0 radical (unpaired) electrons. The summed E-state index contributed by atoms with van der Waals surface area (Å²) >= 11 is 1.33. The monoisotopic (exact) mass is 527 g/mol. The van der Waals surface area contributed by atoms with Crippen molar-refractivity contribution in [3.63, 3.8) is 0 Å². The highest BCUT2D eigenvalue weighted by atomic mass is 32.2. The van der Waals surface area contributed by atoms with Crippen LogP contribution in [0.5, 0.6) is 0 Å². The highest BCUT2D eigenvalue weighted by molar-refractivity contribution is 7.89. The van der Waals surface area contributed by atoms with E-state index >= 15 is 0 Å². The van der Waals surface area contributed by atoms with Gasteiger partial charge in [0.1, 0.15) is 11.5 Å². The fraction of sp³-hybridized carbons (Fsp3) is 0.348. The number of nitrogens with zero attached hydrogens (tertiary/aromatic N) is 7. The number of Topliss-reactive ketones (excluding diaryl/α,β-unsaturated/α-hetero) is 1. The highest BCUT2D eigenvalue weighted by Gasteiger charge is 2.55. The van der Waals surface area contributed by atoms with Crippen LogP contribution < -0.4 is 0 Å².